The Morgan fingerprint density at radius 3 is 2.84 bits per heavy atom. The van der Waals surface area contributed by atoms with E-state index in [2.05, 4.69) is 10.3 Å². The predicted octanol–water partition coefficient (Wildman–Crippen LogP) is 3.07. The van der Waals surface area contributed by atoms with Gasteiger partial charge >= 0.3 is 6.09 Å². The first kappa shape index (κ1) is 19.0. The van der Waals surface area contributed by atoms with Crippen molar-refractivity contribution in [3.8, 4) is 5.75 Å². The van der Waals surface area contributed by atoms with Crippen LogP contribution < -0.4 is 10.1 Å². The average molecular weight is 349 g/mol. The molecule has 1 saturated heterocycles. The van der Waals surface area contributed by atoms with Crippen molar-refractivity contribution in [3.05, 3.63) is 18.3 Å². The summed E-state index contributed by atoms with van der Waals surface area (Å²) in [6.07, 6.45) is 2.71. The molecular weight excluding hydrogens is 322 g/mol. The first-order chi connectivity index (χ1) is 11.8. The maximum atomic E-state index is 12.6. The van der Waals surface area contributed by atoms with Crippen molar-refractivity contribution in [2.45, 2.75) is 46.1 Å². The minimum absolute atomic E-state index is 0.159. The molecule has 1 N–H and O–H groups in total. The molecule has 1 unspecified atom stereocenters. The molecular formula is C18H27N3O4. The third kappa shape index (κ3) is 5.62. The number of nitrogens with zero attached hydrogens (tertiary/aromatic N) is 2. The zero-order valence-corrected chi connectivity index (χ0v) is 15.4. The number of piperidine rings is 1. The third-order valence-electron chi connectivity index (χ3n) is 3.76. The second kappa shape index (κ2) is 8.18. The highest BCUT2D eigenvalue weighted by molar-refractivity contribution is 5.93. The van der Waals surface area contributed by atoms with Crippen LogP contribution in [0.15, 0.2) is 18.3 Å². The van der Waals surface area contributed by atoms with Crippen molar-refractivity contribution in [1.82, 2.24) is 9.88 Å². The van der Waals surface area contributed by atoms with E-state index in [4.69, 9.17) is 9.47 Å². The number of amides is 2. The summed E-state index contributed by atoms with van der Waals surface area (Å²) in [5.74, 6) is 0.493. The first-order valence-corrected chi connectivity index (χ1v) is 8.66. The van der Waals surface area contributed by atoms with Gasteiger partial charge in [-0.1, -0.05) is 0 Å². The third-order valence-corrected chi connectivity index (χ3v) is 3.76. The number of carbonyl (C=O) groups is 2. The fourth-order valence-corrected chi connectivity index (χ4v) is 2.66. The Morgan fingerprint density at radius 1 is 1.40 bits per heavy atom. The molecule has 25 heavy (non-hydrogen) atoms. The number of likely N-dealkylation sites (tertiary alicyclic amines) is 1. The van der Waals surface area contributed by atoms with Gasteiger partial charge in [0.05, 0.1) is 12.5 Å². The molecule has 0 radical (unpaired) electrons. The van der Waals surface area contributed by atoms with Crippen LogP contribution in [-0.4, -0.2) is 47.2 Å². The molecule has 1 aliphatic rings. The number of pyridine rings is 1. The SMILES string of the molecule is CCOc1cccnc1NC(=O)C1CCCN(C(=O)OC(C)(C)C)C1. The number of hydrogen-bond acceptors (Lipinski definition) is 5. The fourth-order valence-electron chi connectivity index (χ4n) is 2.66. The zero-order chi connectivity index (χ0) is 18.4. The van der Waals surface area contributed by atoms with Crippen molar-refractivity contribution >= 4 is 17.8 Å². The number of nitrogens with one attached hydrogen (secondary N) is 1. The van der Waals surface area contributed by atoms with E-state index >= 15 is 0 Å². The molecule has 2 amide bonds. The minimum Gasteiger partial charge on any atom is -0.490 e. The maximum Gasteiger partial charge on any atom is 0.410 e. The van der Waals surface area contributed by atoms with Gasteiger partial charge in [-0.3, -0.25) is 4.79 Å². The molecule has 7 heteroatoms. The van der Waals surface area contributed by atoms with Crippen LogP contribution in [0.5, 0.6) is 5.75 Å². The van der Waals surface area contributed by atoms with E-state index in [1.807, 2.05) is 27.7 Å². The van der Waals surface area contributed by atoms with Gasteiger partial charge in [-0.25, -0.2) is 9.78 Å². The first-order valence-electron chi connectivity index (χ1n) is 8.66. The van der Waals surface area contributed by atoms with Crippen LogP contribution in [0, 0.1) is 5.92 Å². The van der Waals surface area contributed by atoms with Crippen LogP contribution in [0.2, 0.25) is 0 Å². The van der Waals surface area contributed by atoms with E-state index < -0.39 is 5.60 Å². The molecule has 0 bridgehead atoms. The number of ether oxygens (including phenoxy) is 2. The summed E-state index contributed by atoms with van der Waals surface area (Å²) in [6, 6.07) is 3.52. The molecule has 1 fully saturated rings. The van der Waals surface area contributed by atoms with Gasteiger partial charge in [0.15, 0.2) is 11.6 Å². The lowest BCUT2D eigenvalue weighted by Gasteiger charge is -2.33. The highest BCUT2D eigenvalue weighted by atomic mass is 16.6. The molecule has 2 heterocycles. The Kier molecular flexibility index (Phi) is 6.22. The highest BCUT2D eigenvalue weighted by Crippen LogP contribution is 2.24. The summed E-state index contributed by atoms with van der Waals surface area (Å²) >= 11 is 0. The van der Waals surface area contributed by atoms with E-state index in [-0.39, 0.29) is 17.9 Å². The second-order valence-corrected chi connectivity index (χ2v) is 7.04. The molecule has 138 valence electrons. The number of aromatic nitrogens is 1. The number of rotatable bonds is 4. The Balaban J connectivity index is 1.99. The van der Waals surface area contributed by atoms with Crippen LogP contribution in [0.1, 0.15) is 40.5 Å². The Morgan fingerprint density at radius 2 is 2.16 bits per heavy atom. The van der Waals surface area contributed by atoms with Crippen LogP contribution in [0.3, 0.4) is 0 Å². The van der Waals surface area contributed by atoms with Crippen molar-refractivity contribution < 1.29 is 19.1 Å². The quantitative estimate of drug-likeness (QED) is 0.903. The summed E-state index contributed by atoms with van der Waals surface area (Å²) in [4.78, 5) is 30.6. The van der Waals surface area contributed by atoms with E-state index in [1.165, 1.54) is 0 Å². The van der Waals surface area contributed by atoms with E-state index in [0.29, 0.717) is 31.3 Å². The largest absolute Gasteiger partial charge is 0.490 e. The molecule has 2 rings (SSSR count). The smallest absolute Gasteiger partial charge is 0.410 e. The predicted molar refractivity (Wildman–Crippen MR) is 94.6 cm³/mol. The molecule has 0 aliphatic carbocycles. The Labute approximate surface area is 148 Å². The van der Waals surface area contributed by atoms with E-state index in [0.717, 1.165) is 12.8 Å². The van der Waals surface area contributed by atoms with Gasteiger partial charge in [0.2, 0.25) is 5.91 Å². The maximum absolute atomic E-state index is 12.6. The summed E-state index contributed by atoms with van der Waals surface area (Å²) in [5.41, 5.74) is -0.549. The standard InChI is InChI=1S/C18H27N3O4/c1-5-24-14-9-6-10-19-15(14)20-16(22)13-8-7-11-21(12-13)17(23)25-18(2,3)4/h6,9-10,13H,5,7-8,11-12H2,1-4H3,(H,19,20,22). The van der Waals surface area contributed by atoms with Gasteiger partial charge in [0.1, 0.15) is 5.60 Å². The van der Waals surface area contributed by atoms with Gasteiger partial charge in [-0.2, -0.15) is 0 Å². The van der Waals surface area contributed by atoms with E-state index in [1.54, 1.807) is 23.2 Å². The summed E-state index contributed by atoms with van der Waals surface area (Å²) in [5, 5.41) is 2.82. The number of hydrogen-bond donors (Lipinski definition) is 1. The lowest BCUT2D eigenvalue weighted by molar-refractivity contribution is -0.121. The van der Waals surface area contributed by atoms with Crippen LogP contribution in [-0.2, 0) is 9.53 Å². The van der Waals surface area contributed by atoms with Gasteiger partial charge in [-0.05, 0) is 52.7 Å². The van der Waals surface area contributed by atoms with Crippen LogP contribution in [0.4, 0.5) is 10.6 Å². The molecule has 1 aromatic rings. The summed E-state index contributed by atoms with van der Waals surface area (Å²) < 4.78 is 10.9. The van der Waals surface area contributed by atoms with Gasteiger partial charge < -0.3 is 19.7 Å². The van der Waals surface area contributed by atoms with Crippen LogP contribution >= 0.6 is 0 Å². The topological polar surface area (TPSA) is 80.8 Å². The molecule has 7 nitrogen and oxygen atoms in total. The molecule has 0 aromatic carbocycles. The lowest BCUT2D eigenvalue weighted by Crippen LogP contribution is -2.45. The molecule has 1 aliphatic heterocycles. The lowest BCUT2D eigenvalue weighted by atomic mass is 9.97. The Bertz CT molecular complexity index is 613. The van der Waals surface area contributed by atoms with Crippen molar-refractivity contribution in [2.24, 2.45) is 5.92 Å². The van der Waals surface area contributed by atoms with Crippen molar-refractivity contribution in [3.63, 3.8) is 0 Å². The monoisotopic (exact) mass is 349 g/mol. The van der Waals surface area contributed by atoms with Crippen molar-refractivity contribution in [2.75, 3.05) is 25.0 Å². The fraction of sp³-hybridized carbons (Fsp3) is 0.611. The molecule has 0 saturated carbocycles. The summed E-state index contributed by atoms with van der Waals surface area (Å²) in [6.45, 7) is 8.80. The van der Waals surface area contributed by atoms with E-state index in [9.17, 15) is 9.59 Å². The zero-order valence-electron chi connectivity index (χ0n) is 15.4. The molecule has 0 spiro atoms. The molecule has 1 aromatic heterocycles. The van der Waals surface area contributed by atoms with Gasteiger partial charge in [0, 0.05) is 19.3 Å². The number of carbonyl (C=O) groups excluding carboxylic acids is 2. The molecule has 1 atom stereocenters. The second-order valence-electron chi connectivity index (χ2n) is 7.04. The Hall–Kier alpha value is -2.31. The van der Waals surface area contributed by atoms with Crippen molar-refractivity contribution in [1.29, 1.82) is 0 Å². The van der Waals surface area contributed by atoms with Gasteiger partial charge in [-0.15, -0.1) is 0 Å². The van der Waals surface area contributed by atoms with Crippen LogP contribution in [0.25, 0.3) is 0 Å². The highest BCUT2D eigenvalue weighted by Gasteiger charge is 2.31. The normalized spacial score (nSPS) is 17.8. The average Bonchev–Trinajstić information content (AvgIpc) is 2.55. The number of anilines is 1. The van der Waals surface area contributed by atoms with Gasteiger partial charge in [0.25, 0.3) is 0 Å². The minimum atomic E-state index is -0.549. The summed E-state index contributed by atoms with van der Waals surface area (Å²) in [7, 11) is 0.